The van der Waals surface area contributed by atoms with Crippen LogP contribution in [-0.4, -0.2) is 16.0 Å². The van der Waals surface area contributed by atoms with Crippen molar-refractivity contribution in [1.82, 2.24) is 10.1 Å². The summed E-state index contributed by atoms with van der Waals surface area (Å²) in [6.45, 7) is 3.69. The fourth-order valence-electron chi connectivity index (χ4n) is 2.75. The van der Waals surface area contributed by atoms with E-state index in [1.165, 1.54) is 23.5 Å². The molecule has 0 saturated heterocycles. The number of aryl methyl sites for hydroxylation is 2. The van der Waals surface area contributed by atoms with Gasteiger partial charge in [-0.3, -0.25) is 10.1 Å². The molecule has 142 valence electrons. The Labute approximate surface area is 164 Å². The molecule has 8 heteroatoms. The highest BCUT2D eigenvalue weighted by molar-refractivity contribution is 7.22. The highest BCUT2D eigenvalue weighted by Crippen LogP contribution is 2.28. The molecule has 1 N–H and O–H groups in total. The van der Waals surface area contributed by atoms with Crippen LogP contribution >= 0.6 is 11.3 Å². The second-order valence-corrected chi connectivity index (χ2v) is 7.24. The normalized spacial score (nSPS) is 11.0. The van der Waals surface area contributed by atoms with Gasteiger partial charge in [0.1, 0.15) is 23.9 Å². The van der Waals surface area contributed by atoms with Gasteiger partial charge in [-0.25, -0.2) is 9.37 Å². The quantitative estimate of drug-likeness (QED) is 0.520. The van der Waals surface area contributed by atoms with Crippen molar-refractivity contribution < 1.29 is 18.4 Å². The van der Waals surface area contributed by atoms with Gasteiger partial charge in [-0.15, -0.1) is 0 Å². The highest BCUT2D eigenvalue weighted by atomic mass is 32.1. The molecule has 4 aromatic rings. The average molecular weight is 397 g/mol. The Kier molecular flexibility index (Phi) is 4.79. The van der Waals surface area contributed by atoms with Gasteiger partial charge in [0.15, 0.2) is 10.8 Å². The standard InChI is InChI=1S/C20H16FN3O3S/c1-11-5-3-8-16-17(11)22-20(28-16)23-19(25)18-15(12(2)27-24-18)10-26-14-7-4-6-13(21)9-14/h3-9H,10H2,1-2H3,(H,22,23,25). The Hall–Kier alpha value is -3.26. The van der Waals surface area contributed by atoms with Gasteiger partial charge in [-0.05, 0) is 37.6 Å². The number of thiazole rings is 1. The molecule has 0 bridgehead atoms. The molecule has 0 atom stereocenters. The smallest absolute Gasteiger partial charge is 0.280 e. The molecule has 0 fully saturated rings. The van der Waals surface area contributed by atoms with Crippen LogP contribution in [0.1, 0.15) is 27.4 Å². The van der Waals surface area contributed by atoms with Gasteiger partial charge in [0.25, 0.3) is 5.91 Å². The van der Waals surface area contributed by atoms with Crippen LogP contribution < -0.4 is 10.1 Å². The van der Waals surface area contributed by atoms with E-state index in [0.29, 0.717) is 22.2 Å². The van der Waals surface area contributed by atoms with E-state index in [-0.39, 0.29) is 12.3 Å². The van der Waals surface area contributed by atoms with Crippen molar-refractivity contribution in [1.29, 1.82) is 0 Å². The third-order valence-electron chi connectivity index (χ3n) is 4.22. The van der Waals surface area contributed by atoms with Crippen LogP contribution in [0.25, 0.3) is 10.2 Å². The molecular weight excluding hydrogens is 381 g/mol. The molecule has 2 aromatic carbocycles. The van der Waals surface area contributed by atoms with Crippen LogP contribution in [-0.2, 0) is 6.61 Å². The summed E-state index contributed by atoms with van der Waals surface area (Å²) in [5, 5.41) is 7.09. The third-order valence-corrected chi connectivity index (χ3v) is 5.16. The number of carbonyl (C=O) groups excluding carboxylic acids is 1. The maximum absolute atomic E-state index is 13.3. The predicted octanol–water partition coefficient (Wildman–Crippen LogP) is 4.87. The third kappa shape index (κ3) is 3.59. The largest absolute Gasteiger partial charge is 0.489 e. The second kappa shape index (κ2) is 7.40. The zero-order chi connectivity index (χ0) is 19.7. The molecule has 6 nitrogen and oxygen atoms in total. The summed E-state index contributed by atoms with van der Waals surface area (Å²) < 4.78 is 25.0. The lowest BCUT2D eigenvalue weighted by molar-refractivity contribution is 0.101. The molecule has 0 unspecified atom stereocenters. The first-order valence-corrected chi connectivity index (χ1v) is 9.34. The Bertz CT molecular complexity index is 1170. The van der Waals surface area contributed by atoms with Gasteiger partial charge >= 0.3 is 0 Å². The summed E-state index contributed by atoms with van der Waals surface area (Å²) in [6.07, 6.45) is 0. The zero-order valence-electron chi connectivity index (χ0n) is 15.2. The lowest BCUT2D eigenvalue weighted by Gasteiger charge is -2.06. The zero-order valence-corrected chi connectivity index (χ0v) is 16.0. The predicted molar refractivity (Wildman–Crippen MR) is 104 cm³/mol. The number of hydrogen-bond donors (Lipinski definition) is 1. The summed E-state index contributed by atoms with van der Waals surface area (Å²) in [5.41, 5.74) is 2.51. The second-order valence-electron chi connectivity index (χ2n) is 6.21. The van der Waals surface area contributed by atoms with Crippen molar-refractivity contribution in [3.05, 3.63) is 70.9 Å². The maximum atomic E-state index is 13.3. The average Bonchev–Trinajstić information content (AvgIpc) is 3.24. The SMILES string of the molecule is Cc1onc(C(=O)Nc2nc3c(C)cccc3s2)c1COc1cccc(F)c1. The van der Waals surface area contributed by atoms with E-state index in [1.807, 2.05) is 25.1 Å². The van der Waals surface area contributed by atoms with Crippen LogP contribution in [0.5, 0.6) is 5.75 Å². The van der Waals surface area contributed by atoms with Crippen LogP contribution in [0.2, 0.25) is 0 Å². The number of anilines is 1. The number of halogens is 1. The van der Waals surface area contributed by atoms with E-state index in [4.69, 9.17) is 9.26 Å². The molecular formula is C20H16FN3O3S. The van der Waals surface area contributed by atoms with E-state index in [0.717, 1.165) is 15.8 Å². The van der Waals surface area contributed by atoms with Crippen molar-refractivity contribution in [2.45, 2.75) is 20.5 Å². The minimum atomic E-state index is -0.439. The van der Waals surface area contributed by atoms with Crippen LogP contribution in [0.15, 0.2) is 47.0 Å². The molecule has 4 rings (SSSR count). The summed E-state index contributed by atoms with van der Waals surface area (Å²) in [7, 11) is 0. The first-order chi connectivity index (χ1) is 13.5. The number of rotatable bonds is 5. The van der Waals surface area contributed by atoms with Crippen LogP contribution in [0.3, 0.4) is 0 Å². The maximum Gasteiger partial charge on any atom is 0.280 e. The number of ether oxygens (including phenoxy) is 1. The number of aromatic nitrogens is 2. The van der Waals surface area contributed by atoms with Crippen molar-refractivity contribution >= 4 is 32.6 Å². The van der Waals surface area contributed by atoms with Crippen molar-refractivity contribution in [3.8, 4) is 5.75 Å². The van der Waals surface area contributed by atoms with E-state index < -0.39 is 11.7 Å². The van der Waals surface area contributed by atoms with Gasteiger partial charge in [0.05, 0.1) is 15.8 Å². The Balaban J connectivity index is 1.53. The molecule has 28 heavy (non-hydrogen) atoms. The number of fused-ring (bicyclic) bond motifs is 1. The summed E-state index contributed by atoms with van der Waals surface area (Å²) >= 11 is 1.38. The molecule has 0 aliphatic carbocycles. The number of carbonyl (C=O) groups is 1. The van der Waals surface area contributed by atoms with Gasteiger partial charge in [-0.1, -0.05) is 34.7 Å². The molecule has 2 heterocycles. The number of hydrogen-bond acceptors (Lipinski definition) is 6. The van der Waals surface area contributed by atoms with E-state index in [1.54, 1.807) is 19.1 Å². The van der Waals surface area contributed by atoms with Gasteiger partial charge in [-0.2, -0.15) is 0 Å². The van der Waals surface area contributed by atoms with Crippen molar-refractivity contribution in [2.75, 3.05) is 5.32 Å². The lowest BCUT2D eigenvalue weighted by Crippen LogP contribution is -2.15. The highest BCUT2D eigenvalue weighted by Gasteiger charge is 2.22. The van der Waals surface area contributed by atoms with Gasteiger partial charge in [0, 0.05) is 6.07 Å². The monoisotopic (exact) mass is 397 g/mol. The summed E-state index contributed by atoms with van der Waals surface area (Å²) in [4.78, 5) is 17.2. The van der Waals surface area contributed by atoms with Crippen molar-refractivity contribution in [2.24, 2.45) is 0 Å². The Morgan fingerprint density at radius 2 is 2.07 bits per heavy atom. The molecule has 0 aliphatic rings. The summed E-state index contributed by atoms with van der Waals surface area (Å²) in [5.74, 6) is -0.0228. The first-order valence-electron chi connectivity index (χ1n) is 8.52. The van der Waals surface area contributed by atoms with E-state index in [2.05, 4.69) is 15.5 Å². The fourth-order valence-corrected chi connectivity index (χ4v) is 3.69. The fraction of sp³-hybridized carbons (Fsp3) is 0.150. The first kappa shape index (κ1) is 18.1. The molecule has 0 radical (unpaired) electrons. The molecule has 0 saturated carbocycles. The lowest BCUT2D eigenvalue weighted by atomic mass is 10.2. The van der Waals surface area contributed by atoms with Crippen LogP contribution in [0.4, 0.5) is 9.52 Å². The Morgan fingerprint density at radius 1 is 1.25 bits per heavy atom. The topological polar surface area (TPSA) is 77.3 Å². The molecule has 0 spiro atoms. The van der Waals surface area contributed by atoms with Gasteiger partial charge < -0.3 is 9.26 Å². The minimum absolute atomic E-state index is 0.0283. The van der Waals surface area contributed by atoms with Crippen LogP contribution in [0, 0.1) is 19.7 Å². The Morgan fingerprint density at radius 3 is 2.86 bits per heavy atom. The minimum Gasteiger partial charge on any atom is -0.489 e. The van der Waals surface area contributed by atoms with E-state index in [9.17, 15) is 9.18 Å². The number of benzene rings is 2. The molecule has 2 aromatic heterocycles. The number of nitrogens with one attached hydrogen (secondary N) is 1. The summed E-state index contributed by atoms with van der Waals surface area (Å²) in [6, 6.07) is 11.7. The van der Waals surface area contributed by atoms with E-state index >= 15 is 0 Å². The molecule has 1 amide bonds. The van der Waals surface area contributed by atoms with Crippen molar-refractivity contribution in [3.63, 3.8) is 0 Å². The number of nitrogens with zero attached hydrogens (tertiary/aromatic N) is 2. The number of amides is 1. The number of para-hydroxylation sites is 1. The van der Waals surface area contributed by atoms with Gasteiger partial charge in [0.2, 0.25) is 0 Å². The molecule has 0 aliphatic heterocycles.